The van der Waals surface area contributed by atoms with Crippen molar-refractivity contribution in [3.63, 3.8) is 0 Å². The van der Waals surface area contributed by atoms with Gasteiger partial charge in [-0.15, -0.1) is 0 Å². The summed E-state index contributed by atoms with van der Waals surface area (Å²) in [6, 6.07) is 21.2. The Morgan fingerprint density at radius 1 is 0.788 bits per heavy atom. The van der Waals surface area contributed by atoms with Crippen LogP contribution >= 0.6 is 0 Å². The van der Waals surface area contributed by atoms with E-state index < -0.39 is 0 Å². The van der Waals surface area contributed by atoms with Crippen molar-refractivity contribution >= 4 is 5.97 Å². The van der Waals surface area contributed by atoms with E-state index in [1.165, 1.54) is 0 Å². The zero-order chi connectivity index (χ0) is 23.8. The normalized spacial score (nSPS) is 11.2. The molecule has 0 aliphatic carbocycles. The van der Waals surface area contributed by atoms with E-state index >= 15 is 0 Å². The summed E-state index contributed by atoms with van der Waals surface area (Å²) in [6.07, 6.45) is 0.318. The molecule has 0 saturated carbocycles. The molecule has 0 unspecified atom stereocenters. The van der Waals surface area contributed by atoms with Gasteiger partial charge in [0.05, 0.1) is 6.42 Å². The lowest BCUT2D eigenvalue weighted by molar-refractivity contribution is -0.144. The molecule has 174 valence electrons. The third-order valence-electron chi connectivity index (χ3n) is 4.89. The van der Waals surface area contributed by atoms with Crippen molar-refractivity contribution in [2.24, 2.45) is 0 Å². The van der Waals surface area contributed by atoms with Gasteiger partial charge in [-0.1, -0.05) is 41.5 Å². The quantitative estimate of drug-likeness (QED) is 0.370. The van der Waals surface area contributed by atoms with E-state index in [1.54, 1.807) is 0 Å². The molecule has 3 rings (SSSR count). The van der Waals surface area contributed by atoms with Crippen LogP contribution in [-0.4, -0.2) is 18.1 Å². The van der Waals surface area contributed by atoms with E-state index in [0.717, 1.165) is 22.4 Å². The second-order valence-electron chi connectivity index (χ2n) is 9.20. The molecule has 0 atom stereocenters. The molecule has 33 heavy (non-hydrogen) atoms. The zero-order valence-corrected chi connectivity index (χ0v) is 20.1. The molecule has 3 aromatic carbocycles. The Kier molecular flexibility index (Phi) is 8.12. The summed E-state index contributed by atoms with van der Waals surface area (Å²) in [5, 5.41) is 3.29. The first kappa shape index (κ1) is 24.3. The largest absolute Gasteiger partial charge is 0.461 e. The average molecular weight is 448 g/mol. The van der Waals surface area contributed by atoms with Crippen LogP contribution in [0, 0.1) is 13.8 Å². The van der Waals surface area contributed by atoms with Crippen molar-refractivity contribution < 1.29 is 19.0 Å². The Hall–Kier alpha value is -3.31. The molecule has 0 spiro atoms. The highest BCUT2D eigenvalue weighted by Gasteiger charge is 2.13. The number of carbonyl (C=O) groups is 1. The molecule has 0 amide bonds. The van der Waals surface area contributed by atoms with Crippen LogP contribution in [0.3, 0.4) is 0 Å². The Morgan fingerprint density at radius 3 is 1.88 bits per heavy atom. The van der Waals surface area contributed by atoms with Crippen molar-refractivity contribution in [2.75, 3.05) is 6.54 Å². The van der Waals surface area contributed by atoms with E-state index in [1.807, 2.05) is 80.6 Å². The number of esters is 1. The molecular formula is C28H33NO4. The van der Waals surface area contributed by atoms with Gasteiger partial charge in [0.2, 0.25) is 0 Å². The van der Waals surface area contributed by atoms with E-state index in [4.69, 9.17) is 14.2 Å². The summed E-state index contributed by atoms with van der Waals surface area (Å²) in [4.78, 5) is 12.1. The molecule has 0 aliphatic heterocycles. The maximum absolute atomic E-state index is 12.1. The first-order valence-corrected chi connectivity index (χ1v) is 11.2. The number of hydrogen-bond donors (Lipinski definition) is 1. The van der Waals surface area contributed by atoms with Crippen LogP contribution in [0.1, 0.15) is 43.9 Å². The number of nitrogens with one attached hydrogen (secondary N) is 1. The summed E-state index contributed by atoms with van der Waals surface area (Å²) in [6.45, 7) is 11.0. The number of rotatable bonds is 9. The summed E-state index contributed by atoms with van der Waals surface area (Å²) in [5.41, 5.74) is 3.11. The van der Waals surface area contributed by atoms with Crippen LogP contribution < -0.4 is 14.8 Å². The number of hydrogen-bond acceptors (Lipinski definition) is 5. The highest BCUT2D eigenvalue weighted by molar-refractivity contribution is 5.69. The van der Waals surface area contributed by atoms with Crippen LogP contribution in [0.25, 0.3) is 0 Å². The Morgan fingerprint density at radius 2 is 1.33 bits per heavy atom. The summed E-state index contributed by atoms with van der Waals surface area (Å²) < 4.78 is 17.7. The van der Waals surface area contributed by atoms with Crippen LogP contribution in [0.15, 0.2) is 66.7 Å². The molecule has 0 aromatic heterocycles. The first-order valence-electron chi connectivity index (χ1n) is 11.2. The fraction of sp³-hybridized carbons (Fsp3) is 0.321. The Labute approximate surface area is 196 Å². The smallest absolute Gasteiger partial charge is 0.307 e. The second kappa shape index (κ2) is 11.0. The summed E-state index contributed by atoms with van der Waals surface area (Å²) >= 11 is 0. The Balaban J connectivity index is 1.71. The number of carbonyl (C=O) groups excluding carboxylic acids is 1. The van der Waals surface area contributed by atoms with Crippen LogP contribution in [0.2, 0.25) is 0 Å². The lowest BCUT2D eigenvalue weighted by atomic mass is 10.1. The molecule has 0 heterocycles. The highest BCUT2D eigenvalue weighted by Crippen LogP contribution is 2.36. The average Bonchev–Trinajstić information content (AvgIpc) is 2.76. The van der Waals surface area contributed by atoms with Gasteiger partial charge in [0.15, 0.2) is 11.5 Å². The van der Waals surface area contributed by atoms with Crippen LogP contribution in [-0.2, 0) is 16.1 Å². The van der Waals surface area contributed by atoms with Gasteiger partial charge < -0.3 is 19.5 Å². The molecule has 0 aliphatic rings. The van der Waals surface area contributed by atoms with E-state index in [0.29, 0.717) is 30.2 Å². The maximum Gasteiger partial charge on any atom is 0.307 e. The van der Waals surface area contributed by atoms with Crippen molar-refractivity contribution in [3.8, 4) is 23.0 Å². The maximum atomic E-state index is 12.1. The number of benzene rings is 3. The lowest BCUT2D eigenvalue weighted by Crippen LogP contribution is -2.37. The van der Waals surface area contributed by atoms with Crippen molar-refractivity contribution in [3.05, 3.63) is 83.4 Å². The molecular weight excluding hydrogens is 414 g/mol. The fourth-order valence-corrected chi connectivity index (χ4v) is 3.05. The van der Waals surface area contributed by atoms with Gasteiger partial charge >= 0.3 is 5.97 Å². The predicted octanol–water partition coefficient (Wildman–Crippen LogP) is 6.71. The number of ether oxygens (including phenoxy) is 3. The second-order valence-corrected chi connectivity index (χ2v) is 9.20. The van der Waals surface area contributed by atoms with Gasteiger partial charge in [0.25, 0.3) is 0 Å². The van der Waals surface area contributed by atoms with E-state index in [2.05, 4.69) is 26.1 Å². The monoisotopic (exact) mass is 447 g/mol. The van der Waals surface area contributed by atoms with Crippen LogP contribution in [0.4, 0.5) is 0 Å². The first-order chi connectivity index (χ1) is 15.7. The SMILES string of the molecule is Cc1ccc(Oc2ccc(COC(=O)CCNC(C)(C)C)cc2Oc2ccc(C)cc2)cc1. The minimum atomic E-state index is -0.243. The molecule has 0 bridgehead atoms. The molecule has 3 aromatic rings. The zero-order valence-electron chi connectivity index (χ0n) is 20.1. The van der Waals surface area contributed by atoms with E-state index in [-0.39, 0.29) is 18.1 Å². The van der Waals surface area contributed by atoms with Crippen LogP contribution in [0.5, 0.6) is 23.0 Å². The van der Waals surface area contributed by atoms with Gasteiger partial charge in [-0.2, -0.15) is 0 Å². The van der Waals surface area contributed by atoms with Gasteiger partial charge in [0, 0.05) is 12.1 Å². The standard InChI is InChI=1S/C28H33NO4/c1-20-6-11-23(12-7-20)32-25-15-10-22(19-31-27(30)16-17-29-28(3,4)5)18-26(25)33-24-13-8-21(2)9-14-24/h6-15,18,29H,16-17,19H2,1-5H3. The molecule has 5 nitrogen and oxygen atoms in total. The van der Waals surface area contributed by atoms with Gasteiger partial charge in [-0.05, 0) is 76.6 Å². The summed E-state index contributed by atoms with van der Waals surface area (Å²) in [5.74, 6) is 2.33. The highest BCUT2D eigenvalue weighted by atomic mass is 16.5. The molecule has 1 N–H and O–H groups in total. The topological polar surface area (TPSA) is 56.8 Å². The molecule has 0 radical (unpaired) electrons. The number of aryl methyl sites for hydroxylation is 2. The molecule has 0 saturated heterocycles. The van der Waals surface area contributed by atoms with Gasteiger partial charge in [0.1, 0.15) is 18.1 Å². The van der Waals surface area contributed by atoms with E-state index in [9.17, 15) is 4.79 Å². The predicted molar refractivity (Wildman–Crippen MR) is 131 cm³/mol. The molecule has 5 heteroatoms. The minimum Gasteiger partial charge on any atom is -0.461 e. The third-order valence-corrected chi connectivity index (χ3v) is 4.89. The van der Waals surface area contributed by atoms with Gasteiger partial charge in [-0.3, -0.25) is 4.79 Å². The van der Waals surface area contributed by atoms with Gasteiger partial charge in [-0.25, -0.2) is 0 Å². The van der Waals surface area contributed by atoms with Crippen molar-refractivity contribution in [1.29, 1.82) is 0 Å². The Bertz CT molecular complexity index is 1050. The lowest BCUT2D eigenvalue weighted by Gasteiger charge is -2.20. The van der Waals surface area contributed by atoms with Crippen molar-refractivity contribution in [2.45, 2.75) is 53.2 Å². The minimum absolute atomic E-state index is 0.0320. The molecule has 0 fully saturated rings. The fourth-order valence-electron chi connectivity index (χ4n) is 3.05. The van der Waals surface area contributed by atoms with Crippen molar-refractivity contribution in [1.82, 2.24) is 5.32 Å². The summed E-state index contributed by atoms with van der Waals surface area (Å²) in [7, 11) is 0. The third kappa shape index (κ3) is 8.28.